The van der Waals surface area contributed by atoms with Gasteiger partial charge in [-0.2, -0.15) is 0 Å². The van der Waals surface area contributed by atoms with Crippen molar-refractivity contribution in [2.24, 2.45) is 0 Å². The molecule has 2 aromatic rings. The molecule has 0 saturated carbocycles. The van der Waals surface area contributed by atoms with Crippen molar-refractivity contribution in [1.29, 1.82) is 0 Å². The molecular formula is C17H18N2O3S. The normalized spacial score (nSPS) is 15.4. The van der Waals surface area contributed by atoms with Crippen LogP contribution in [0.1, 0.15) is 43.7 Å². The van der Waals surface area contributed by atoms with E-state index in [-0.39, 0.29) is 5.91 Å². The lowest BCUT2D eigenvalue weighted by molar-refractivity contribution is 0.0606. The summed E-state index contributed by atoms with van der Waals surface area (Å²) in [6, 6.07) is 7.44. The number of thiophene rings is 1. The summed E-state index contributed by atoms with van der Waals surface area (Å²) in [6.07, 6.45) is 5.52. The van der Waals surface area contributed by atoms with Crippen molar-refractivity contribution in [3.8, 4) is 0 Å². The van der Waals surface area contributed by atoms with Gasteiger partial charge in [0.2, 0.25) is 0 Å². The number of hydrogen-bond donors (Lipinski definition) is 0. The average molecular weight is 330 g/mol. The summed E-state index contributed by atoms with van der Waals surface area (Å²) < 4.78 is 4.68. The van der Waals surface area contributed by atoms with Gasteiger partial charge in [-0.25, -0.2) is 4.79 Å². The van der Waals surface area contributed by atoms with Crippen LogP contribution in [0.5, 0.6) is 0 Å². The molecule has 0 atom stereocenters. The van der Waals surface area contributed by atoms with Gasteiger partial charge in [0.05, 0.1) is 12.0 Å². The van der Waals surface area contributed by atoms with Crippen LogP contribution in [0, 0.1) is 0 Å². The summed E-state index contributed by atoms with van der Waals surface area (Å²) >= 11 is 1.19. The molecular weight excluding hydrogens is 312 g/mol. The highest BCUT2D eigenvalue weighted by Gasteiger charge is 2.25. The van der Waals surface area contributed by atoms with Crippen molar-refractivity contribution in [2.75, 3.05) is 20.2 Å². The van der Waals surface area contributed by atoms with Crippen LogP contribution in [0.3, 0.4) is 0 Å². The Kier molecular flexibility index (Phi) is 4.71. The predicted molar refractivity (Wildman–Crippen MR) is 87.8 cm³/mol. The molecule has 0 bridgehead atoms. The summed E-state index contributed by atoms with van der Waals surface area (Å²) in [5, 5.41) is 0. The molecule has 1 amide bonds. The summed E-state index contributed by atoms with van der Waals surface area (Å²) in [4.78, 5) is 31.0. The molecule has 1 aliphatic heterocycles. The van der Waals surface area contributed by atoms with Crippen molar-refractivity contribution in [3.05, 3.63) is 52.0 Å². The molecule has 0 radical (unpaired) electrons. The van der Waals surface area contributed by atoms with Gasteiger partial charge in [0.1, 0.15) is 4.88 Å². The van der Waals surface area contributed by atoms with Crippen LogP contribution in [0.25, 0.3) is 0 Å². The fraction of sp³-hybridized carbons (Fsp3) is 0.353. The van der Waals surface area contributed by atoms with Gasteiger partial charge in [-0.05, 0) is 48.6 Å². The lowest BCUT2D eigenvalue weighted by atomic mass is 9.90. The highest BCUT2D eigenvalue weighted by molar-refractivity contribution is 7.15. The summed E-state index contributed by atoms with van der Waals surface area (Å²) in [7, 11) is 1.34. The van der Waals surface area contributed by atoms with Crippen LogP contribution in [0.15, 0.2) is 36.7 Å². The Morgan fingerprint density at radius 1 is 1.13 bits per heavy atom. The molecule has 23 heavy (non-hydrogen) atoms. The second-order valence-electron chi connectivity index (χ2n) is 5.50. The van der Waals surface area contributed by atoms with Crippen LogP contribution in [0.2, 0.25) is 0 Å². The minimum atomic E-state index is -0.398. The second-order valence-corrected chi connectivity index (χ2v) is 6.59. The number of carbonyl (C=O) groups excluding carboxylic acids is 2. The van der Waals surface area contributed by atoms with E-state index < -0.39 is 5.97 Å². The van der Waals surface area contributed by atoms with Crippen LogP contribution in [0.4, 0.5) is 0 Å². The average Bonchev–Trinajstić information content (AvgIpc) is 3.11. The molecule has 1 aliphatic rings. The van der Waals surface area contributed by atoms with Gasteiger partial charge in [0, 0.05) is 25.5 Å². The molecule has 2 aromatic heterocycles. The van der Waals surface area contributed by atoms with E-state index in [1.807, 2.05) is 29.4 Å². The second kappa shape index (κ2) is 6.91. The van der Waals surface area contributed by atoms with Crippen molar-refractivity contribution >= 4 is 23.2 Å². The lowest BCUT2D eigenvalue weighted by Crippen LogP contribution is -2.37. The van der Waals surface area contributed by atoms with E-state index in [2.05, 4.69) is 9.72 Å². The number of methoxy groups -OCH3 is 1. The van der Waals surface area contributed by atoms with E-state index >= 15 is 0 Å². The minimum absolute atomic E-state index is 0.00154. The number of esters is 1. The van der Waals surface area contributed by atoms with Crippen LogP contribution in [-0.2, 0) is 4.74 Å². The standard InChI is InChI=1S/C17H18N2O3S/c1-22-17(21)15-3-2-14(23-15)16(20)19-10-6-13(7-11-19)12-4-8-18-9-5-12/h2-5,8-9,13H,6-7,10-11H2,1H3. The third-order valence-corrected chi connectivity index (χ3v) is 5.22. The smallest absolute Gasteiger partial charge is 0.348 e. The molecule has 0 aromatic carbocycles. The highest BCUT2D eigenvalue weighted by Crippen LogP contribution is 2.29. The molecule has 0 aliphatic carbocycles. The Labute approximate surface area is 138 Å². The monoisotopic (exact) mass is 330 g/mol. The number of pyridine rings is 1. The summed E-state index contributed by atoms with van der Waals surface area (Å²) in [5.41, 5.74) is 1.29. The SMILES string of the molecule is COC(=O)c1ccc(C(=O)N2CCC(c3ccncc3)CC2)s1. The molecule has 6 heteroatoms. The first-order chi connectivity index (χ1) is 11.2. The highest BCUT2D eigenvalue weighted by atomic mass is 32.1. The van der Waals surface area contributed by atoms with Gasteiger partial charge in [-0.15, -0.1) is 11.3 Å². The van der Waals surface area contributed by atoms with Crippen LogP contribution in [-0.4, -0.2) is 42.0 Å². The fourth-order valence-electron chi connectivity index (χ4n) is 2.87. The van der Waals surface area contributed by atoms with Crippen molar-refractivity contribution in [2.45, 2.75) is 18.8 Å². The number of nitrogens with zero attached hydrogens (tertiary/aromatic N) is 2. The van der Waals surface area contributed by atoms with Gasteiger partial charge in [0.15, 0.2) is 0 Å². The maximum absolute atomic E-state index is 12.5. The third-order valence-electron chi connectivity index (χ3n) is 4.16. The number of piperidine rings is 1. The van der Waals surface area contributed by atoms with Crippen molar-refractivity contribution in [1.82, 2.24) is 9.88 Å². The van der Waals surface area contributed by atoms with Crippen LogP contribution < -0.4 is 0 Å². The third kappa shape index (κ3) is 3.42. The number of amides is 1. The first-order valence-electron chi connectivity index (χ1n) is 7.56. The molecule has 0 spiro atoms. The van der Waals surface area contributed by atoms with E-state index in [1.54, 1.807) is 12.1 Å². The zero-order valence-corrected chi connectivity index (χ0v) is 13.7. The van der Waals surface area contributed by atoms with Gasteiger partial charge >= 0.3 is 5.97 Å². The van der Waals surface area contributed by atoms with Gasteiger partial charge in [0.25, 0.3) is 5.91 Å². The lowest BCUT2D eigenvalue weighted by Gasteiger charge is -2.32. The maximum atomic E-state index is 12.5. The van der Waals surface area contributed by atoms with Crippen molar-refractivity contribution in [3.63, 3.8) is 0 Å². The molecule has 3 heterocycles. The topological polar surface area (TPSA) is 59.5 Å². The van der Waals surface area contributed by atoms with E-state index in [9.17, 15) is 9.59 Å². The molecule has 1 fully saturated rings. The molecule has 1 saturated heterocycles. The first kappa shape index (κ1) is 15.7. The van der Waals surface area contributed by atoms with Gasteiger partial charge in [-0.3, -0.25) is 9.78 Å². The molecule has 0 N–H and O–H groups in total. The Balaban J connectivity index is 1.62. The molecule has 3 rings (SSSR count). The van der Waals surface area contributed by atoms with E-state index in [0.29, 0.717) is 15.7 Å². The summed E-state index contributed by atoms with van der Waals surface area (Å²) in [6.45, 7) is 1.47. The zero-order valence-electron chi connectivity index (χ0n) is 12.9. The fourth-order valence-corrected chi connectivity index (χ4v) is 3.76. The maximum Gasteiger partial charge on any atom is 0.348 e. The number of rotatable bonds is 3. The Morgan fingerprint density at radius 3 is 2.43 bits per heavy atom. The zero-order chi connectivity index (χ0) is 16.2. The van der Waals surface area contributed by atoms with Gasteiger partial charge in [-0.1, -0.05) is 0 Å². The molecule has 5 nitrogen and oxygen atoms in total. The molecule has 0 unspecified atom stereocenters. The number of carbonyl (C=O) groups is 2. The van der Waals surface area contributed by atoms with Crippen molar-refractivity contribution < 1.29 is 14.3 Å². The van der Waals surface area contributed by atoms with Gasteiger partial charge < -0.3 is 9.64 Å². The largest absolute Gasteiger partial charge is 0.465 e. The Hall–Kier alpha value is -2.21. The quantitative estimate of drug-likeness (QED) is 0.812. The first-order valence-corrected chi connectivity index (χ1v) is 8.38. The van der Waals surface area contributed by atoms with E-state index in [1.165, 1.54) is 24.0 Å². The number of likely N-dealkylation sites (tertiary alicyclic amines) is 1. The number of hydrogen-bond acceptors (Lipinski definition) is 5. The number of aromatic nitrogens is 1. The summed E-state index contributed by atoms with van der Waals surface area (Å²) in [5.74, 6) is 0.0831. The predicted octanol–water partition coefficient (Wildman–Crippen LogP) is 2.95. The number of ether oxygens (including phenoxy) is 1. The van der Waals surface area contributed by atoms with E-state index in [4.69, 9.17) is 0 Å². The Morgan fingerprint density at radius 2 is 1.78 bits per heavy atom. The molecule has 120 valence electrons. The van der Waals surface area contributed by atoms with E-state index in [0.717, 1.165) is 25.9 Å². The van der Waals surface area contributed by atoms with Crippen LogP contribution >= 0.6 is 11.3 Å². The Bertz CT molecular complexity index is 691. The minimum Gasteiger partial charge on any atom is -0.465 e.